The molecule has 0 aromatic heterocycles. The van der Waals surface area contributed by atoms with Crippen molar-refractivity contribution in [2.75, 3.05) is 32.8 Å². The van der Waals surface area contributed by atoms with Gasteiger partial charge < -0.3 is 15.4 Å². The highest BCUT2D eigenvalue weighted by atomic mass is 35.5. The third-order valence-electron chi connectivity index (χ3n) is 7.93. The molecule has 2 heterocycles. The summed E-state index contributed by atoms with van der Waals surface area (Å²) in [7, 11) is 0. The van der Waals surface area contributed by atoms with Gasteiger partial charge in [-0.3, -0.25) is 9.69 Å². The highest BCUT2D eigenvalue weighted by molar-refractivity contribution is 6.30. The van der Waals surface area contributed by atoms with E-state index in [0.29, 0.717) is 41.1 Å². The Labute approximate surface area is 222 Å². The zero-order valence-electron chi connectivity index (χ0n) is 21.2. The monoisotopic (exact) mass is 525 g/mol. The first-order valence-electron chi connectivity index (χ1n) is 12.8. The lowest BCUT2D eigenvalue weighted by Gasteiger charge is -2.49. The van der Waals surface area contributed by atoms with E-state index in [0.717, 1.165) is 25.1 Å². The van der Waals surface area contributed by atoms with Crippen LogP contribution in [0.5, 0.6) is 0 Å². The van der Waals surface area contributed by atoms with Crippen molar-refractivity contribution in [3.63, 3.8) is 0 Å². The van der Waals surface area contributed by atoms with Gasteiger partial charge in [0.25, 0.3) is 5.91 Å². The molecular formula is C28H33ClFN5O2. The van der Waals surface area contributed by atoms with E-state index in [2.05, 4.69) is 28.7 Å². The van der Waals surface area contributed by atoms with Crippen molar-refractivity contribution in [2.45, 2.75) is 43.9 Å². The van der Waals surface area contributed by atoms with Crippen LogP contribution in [-0.4, -0.2) is 72.3 Å². The molecule has 2 aromatic rings. The van der Waals surface area contributed by atoms with Gasteiger partial charge in [0.1, 0.15) is 12.2 Å². The summed E-state index contributed by atoms with van der Waals surface area (Å²) in [5.74, 6) is 0.682. The molecule has 3 fully saturated rings. The van der Waals surface area contributed by atoms with Gasteiger partial charge >= 0.3 is 0 Å². The molecule has 0 spiro atoms. The van der Waals surface area contributed by atoms with Gasteiger partial charge in [-0.1, -0.05) is 36.7 Å². The quantitative estimate of drug-likeness (QED) is 0.424. The summed E-state index contributed by atoms with van der Waals surface area (Å²) in [6.07, 6.45) is 3.31. The van der Waals surface area contributed by atoms with Crippen molar-refractivity contribution < 1.29 is 13.9 Å². The molecule has 9 heteroatoms. The largest absolute Gasteiger partial charge is 0.387 e. The van der Waals surface area contributed by atoms with Gasteiger partial charge in [-0.05, 0) is 55.7 Å². The Kier molecular flexibility index (Phi) is 7.09. The van der Waals surface area contributed by atoms with Crippen LogP contribution in [0, 0.1) is 5.92 Å². The minimum atomic E-state index is -1.49. The van der Waals surface area contributed by atoms with Gasteiger partial charge in [-0.25, -0.2) is 14.4 Å². The van der Waals surface area contributed by atoms with Gasteiger partial charge in [-0.15, -0.1) is 0 Å². The van der Waals surface area contributed by atoms with Gasteiger partial charge in [0, 0.05) is 47.7 Å². The van der Waals surface area contributed by atoms with Crippen LogP contribution in [0.1, 0.15) is 42.6 Å². The molecule has 7 nitrogen and oxygen atoms in total. The molecular weight excluding hydrogens is 493 g/mol. The molecule has 0 radical (unpaired) electrons. The molecule has 1 amide bonds. The van der Waals surface area contributed by atoms with Gasteiger partial charge in [0.15, 0.2) is 5.67 Å². The third kappa shape index (κ3) is 5.28. The number of piperazine rings is 1. The van der Waals surface area contributed by atoms with Crippen LogP contribution >= 0.6 is 11.6 Å². The molecule has 2 saturated heterocycles. The number of aliphatic imine (C=N–C) groups is 2. The number of benzene rings is 2. The van der Waals surface area contributed by atoms with E-state index in [1.54, 1.807) is 36.4 Å². The van der Waals surface area contributed by atoms with Crippen LogP contribution in [0.4, 0.5) is 10.1 Å². The molecule has 2 aliphatic heterocycles. The minimum Gasteiger partial charge on any atom is -0.387 e. The number of carbonyl (C=O) groups is 1. The molecule has 1 saturated carbocycles. The molecule has 196 valence electrons. The average molecular weight is 526 g/mol. The van der Waals surface area contributed by atoms with Crippen molar-refractivity contribution >= 4 is 35.4 Å². The number of hydrogen-bond donors (Lipinski definition) is 1. The van der Waals surface area contributed by atoms with Crippen molar-refractivity contribution in [3.05, 3.63) is 64.7 Å². The van der Waals surface area contributed by atoms with E-state index in [1.165, 1.54) is 6.34 Å². The Balaban J connectivity index is 1.23. The number of alkyl halides is 1. The maximum Gasteiger partial charge on any atom is 0.253 e. The smallest absolute Gasteiger partial charge is 0.253 e. The van der Waals surface area contributed by atoms with E-state index in [-0.39, 0.29) is 30.6 Å². The van der Waals surface area contributed by atoms with Gasteiger partial charge in [-0.2, -0.15) is 0 Å². The Hall–Kier alpha value is -2.81. The van der Waals surface area contributed by atoms with Crippen molar-refractivity contribution in [1.82, 2.24) is 9.80 Å². The van der Waals surface area contributed by atoms with Crippen LogP contribution in [0.3, 0.4) is 0 Å². The summed E-state index contributed by atoms with van der Waals surface area (Å²) >= 11 is 6.01. The Morgan fingerprint density at radius 3 is 2.73 bits per heavy atom. The summed E-state index contributed by atoms with van der Waals surface area (Å²) in [6, 6.07) is 14.5. The number of ether oxygens (including phenoxy) is 1. The highest BCUT2D eigenvalue weighted by Gasteiger charge is 2.51. The lowest BCUT2D eigenvalue weighted by Crippen LogP contribution is -2.62. The molecule has 3 atom stereocenters. The maximum absolute atomic E-state index is 14.8. The fourth-order valence-corrected chi connectivity index (χ4v) is 5.54. The van der Waals surface area contributed by atoms with Crippen molar-refractivity contribution in [3.8, 4) is 0 Å². The molecule has 0 bridgehead atoms. The van der Waals surface area contributed by atoms with Crippen LogP contribution in [0.15, 0.2) is 58.5 Å². The molecule has 1 aliphatic carbocycles. The predicted molar refractivity (Wildman–Crippen MR) is 144 cm³/mol. The van der Waals surface area contributed by atoms with Crippen LogP contribution in [-0.2, 0) is 10.4 Å². The lowest BCUT2D eigenvalue weighted by molar-refractivity contribution is -0.135. The zero-order chi connectivity index (χ0) is 26.2. The van der Waals surface area contributed by atoms with Crippen molar-refractivity contribution in [2.24, 2.45) is 21.6 Å². The van der Waals surface area contributed by atoms with E-state index in [4.69, 9.17) is 22.1 Å². The number of carbonyl (C=O) groups excluding carboxylic acids is 1. The topological polar surface area (TPSA) is 83.5 Å². The summed E-state index contributed by atoms with van der Waals surface area (Å²) in [5, 5.41) is 0.623. The number of halogens is 2. The average Bonchev–Trinajstić information content (AvgIpc) is 3.67. The second-order valence-corrected chi connectivity index (χ2v) is 10.9. The summed E-state index contributed by atoms with van der Waals surface area (Å²) in [4.78, 5) is 26.5. The Morgan fingerprint density at radius 1 is 1.24 bits per heavy atom. The Bertz CT molecular complexity index is 1230. The zero-order valence-corrected chi connectivity index (χ0v) is 22.0. The SMILES string of the molecule is CCC1(C)CN(C(=O)c2cccc(C3(F)COC3)c2)CCN1C1CC1C(N)=NC=Nc1cccc(Cl)c1. The standard InChI is InChI=1S/C28H33ClFN5O2/c1-3-27(2)15-34(26(36)19-6-4-7-20(12-19)28(30)16-37-17-28)10-11-35(27)24-14-23(24)25(31)33-18-32-22-9-5-8-21(29)13-22/h4-9,12-13,18,23-24H,3,10-11,14-17H2,1-2H3,(H2,31,32,33). The second kappa shape index (κ2) is 10.2. The molecule has 2 aromatic carbocycles. The first-order chi connectivity index (χ1) is 17.7. The normalized spacial score (nSPS) is 27.8. The molecule has 3 aliphatic rings. The fourth-order valence-electron chi connectivity index (χ4n) is 5.35. The van der Waals surface area contributed by atoms with E-state index < -0.39 is 5.67 Å². The van der Waals surface area contributed by atoms with Gasteiger partial charge in [0.05, 0.1) is 18.9 Å². The molecule has 37 heavy (non-hydrogen) atoms. The van der Waals surface area contributed by atoms with E-state index in [1.807, 2.05) is 17.0 Å². The summed E-state index contributed by atoms with van der Waals surface area (Å²) in [6.45, 7) is 6.40. The minimum absolute atomic E-state index is 0.0404. The number of amides is 1. The van der Waals surface area contributed by atoms with Crippen LogP contribution in [0.2, 0.25) is 5.02 Å². The number of nitrogens with zero attached hydrogens (tertiary/aromatic N) is 4. The summed E-state index contributed by atoms with van der Waals surface area (Å²) in [5.41, 5.74) is 6.39. The maximum atomic E-state index is 14.8. The van der Waals surface area contributed by atoms with E-state index in [9.17, 15) is 9.18 Å². The highest BCUT2D eigenvalue weighted by Crippen LogP contribution is 2.42. The van der Waals surface area contributed by atoms with Crippen molar-refractivity contribution in [1.29, 1.82) is 0 Å². The lowest BCUT2D eigenvalue weighted by atomic mass is 9.90. The van der Waals surface area contributed by atoms with Gasteiger partial charge in [0.2, 0.25) is 0 Å². The fraction of sp³-hybridized carbons (Fsp3) is 0.464. The second-order valence-electron chi connectivity index (χ2n) is 10.5. The van der Waals surface area contributed by atoms with E-state index >= 15 is 0 Å². The molecule has 3 unspecified atom stereocenters. The first kappa shape index (κ1) is 25.8. The third-order valence-corrected chi connectivity index (χ3v) is 8.17. The predicted octanol–water partition coefficient (Wildman–Crippen LogP) is 4.57. The number of nitrogens with two attached hydrogens (primary N) is 1. The molecule has 2 N–H and O–H groups in total. The number of rotatable bonds is 7. The molecule has 5 rings (SSSR count). The summed E-state index contributed by atoms with van der Waals surface area (Å²) < 4.78 is 19.9. The number of hydrogen-bond acceptors (Lipinski definition) is 4. The van der Waals surface area contributed by atoms with Crippen LogP contribution < -0.4 is 5.73 Å². The Morgan fingerprint density at radius 2 is 2.03 bits per heavy atom. The number of amidine groups is 1. The van der Waals surface area contributed by atoms with Crippen LogP contribution in [0.25, 0.3) is 0 Å². The first-order valence-corrected chi connectivity index (χ1v) is 13.1.